The van der Waals surface area contributed by atoms with Crippen molar-refractivity contribution in [3.05, 3.63) is 33.9 Å². The lowest BCUT2D eigenvalue weighted by atomic mass is 9.94. The third-order valence-corrected chi connectivity index (χ3v) is 4.96. The predicted octanol–water partition coefficient (Wildman–Crippen LogP) is 3.38. The highest BCUT2D eigenvalue weighted by Crippen LogP contribution is 2.33. The largest absolute Gasteiger partial charge is 0.478 e. The van der Waals surface area contributed by atoms with Crippen LogP contribution >= 0.6 is 11.8 Å². The molecule has 2 unspecified atom stereocenters. The topological polar surface area (TPSA) is 92.5 Å². The summed E-state index contributed by atoms with van der Waals surface area (Å²) in [6, 6.07) is 4.00. The van der Waals surface area contributed by atoms with Crippen LogP contribution in [0.25, 0.3) is 0 Å². The van der Waals surface area contributed by atoms with Gasteiger partial charge in [0.05, 0.1) is 10.5 Å². The molecule has 0 radical (unpaired) electrons. The second kappa shape index (κ2) is 6.80. The van der Waals surface area contributed by atoms with Crippen LogP contribution in [-0.4, -0.2) is 33.5 Å². The number of nitro groups is 1. The fourth-order valence-corrected chi connectivity index (χ4v) is 3.62. The van der Waals surface area contributed by atoms with Crippen molar-refractivity contribution in [2.45, 2.75) is 37.0 Å². The molecule has 0 heterocycles. The average molecular weight is 310 g/mol. The smallest absolute Gasteiger partial charge is 0.335 e. The first kappa shape index (κ1) is 15.6. The van der Waals surface area contributed by atoms with Crippen molar-refractivity contribution < 1.29 is 14.8 Å². The zero-order chi connectivity index (χ0) is 15.4. The number of benzene rings is 1. The molecule has 0 spiro atoms. The Bertz CT molecular complexity index is 550. The summed E-state index contributed by atoms with van der Waals surface area (Å²) in [6.07, 6.45) is 6.31. The predicted molar refractivity (Wildman–Crippen MR) is 83.2 cm³/mol. The molecule has 21 heavy (non-hydrogen) atoms. The number of anilines is 1. The van der Waals surface area contributed by atoms with Gasteiger partial charge in [-0.05, 0) is 31.2 Å². The molecule has 2 rings (SSSR count). The average Bonchev–Trinajstić information content (AvgIpc) is 2.47. The molecule has 1 saturated carbocycles. The van der Waals surface area contributed by atoms with E-state index in [-0.39, 0.29) is 17.3 Å². The van der Waals surface area contributed by atoms with Gasteiger partial charge in [-0.15, -0.1) is 0 Å². The summed E-state index contributed by atoms with van der Waals surface area (Å²) in [5.41, 5.74) is 0.274. The van der Waals surface area contributed by atoms with Gasteiger partial charge in [0.15, 0.2) is 0 Å². The minimum Gasteiger partial charge on any atom is -0.478 e. The highest BCUT2D eigenvalue weighted by atomic mass is 32.2. The molecule has 0 aliphatic heterocycles. The van der Waals surface area contributed by atoms with E-state index in [2.05, 4.69) is 5.32 Å². The fraction of sp³-hybridized carbons (Fsp3) is 0.500. The van der Waals surface area contributed by atoms with Crippen LogP contribution in [0.1, 0.15) is 36.0 Å². The minimum atomic E-state index is -1.09. The highest BCUT2D eigenvalue weighted by molar-refractivity contribution is 7.99. The second-order valence-corrected chi connectivity index (χ2v) is 6.18. The number of carboxylic acid groups (broad SMARTS) is 1. The number of nitrogens with one attached hydrogen (secondary N) is 1. The summed E-state index contributed by atoms with van der Waals surface area (Å²) in [5.74, 6) is -1.09. The summed E-state index contributed by atoms with van der Waals surface area (Å²) >= 11 is 1.75. The number of thioether (sulfide) groups is 1. The highest BCUT2D eigenvalue weighted by Gasteiger charge is 2.27. The van der Waals surface area contributed by atoms with Crippen molar-refractivity contribution in [2.75, 3.05) is 11.6 Å². The molecular weight excluding hydrogens is 292 g/mol. The summed E-state index contributed by atoms with van der Waals surface area (Å²) in [5, 5.41) is 23.7. The van der Waals surface area contributed by atoms with Crippen LogP contribution < -0.4 is 5.32 Å². The van der Waals surface area contributed by atoms with Gasteiger partial charge in [-0.1, -0.05) is 12.8 Å². The third-order valence-electron chi connectivity index (χ3n) is 3.79. The number of hydrogen-bond acceptors (Lipinski definition) is 5. The maximum atomic E-state index is 11.1. The van der Waals surface area contributed by atoms with E-state index in [1.165, 1.54) is 24.6 Å². The number of carbonyl (C=O) groups is 1. The van der Waals surface area contributed by atoms with Crippen LogP contribution in [0.4, 0.5) is 11.4 Å². The molecule has 1 aromatic rings. The lowest BCUT2D eigenvalue weighted by molar-refractivity contribution is -0.384. The Morgan fingerprint density at radius 1 is 1.43 bits per heavy atom. The number of carboxylic acids is 1. The molecule has 114 valence electrons. The molecule has 1 aliphatic rings. The first-order valence-electron chi connectivity index (χ1n) is 6.84. The molecule has 0 saturated heterocycles. The summed E-state index contributed by atoms with van der Waals surface area (Å²) in [6.45, 7) is 0. The van der Waals surface area contributed by atoms with E-state index in [9.17, 15) is 14.9 Å². The Morgan fingerprint density at radius 3 is 2.76 bits per heavy atom. The summed E-state index contributed by atoms with van der Waals surface area (Å²) in [4.78, 5) is 21.7. The van der Waals surface area contributed by atoms with Crippen LogP contribution in [0.3, 0.4) is 0 Å². The number of nitrogens with zero attached hydrogens (tertiary/aromatic N) is 1. The van der Waals surface area contributed by atoms with E-state index >= 15 is 0 Å². The first-order chi connectivity index (χ1) is 10.0. The number of hydrogen-bond donors (Lipinski definition) is 2. The Labute approximate surface area is 127 Å². The quantitative estimate of drug-likeness (QED) is 0.640. The molecule has 1 aliphatic carbocycles. The maximum absolute atomic E-state index is 11.1. The molecule has 2 atom stereocenters. The van der Waals surface area contributed by atoms with Crippen molar-refractivity contribution in [3.8, 4) is 0 Å². The lowest BCUT2D eigenvalue weighted by Gasteiger charge is -2.31. The van der Waals surface area contributed by atoms with Gasteiger partial charge < -0.3 is 10.4 Å². The van der Waals surface area contributed by atoms with E-state index in [1.54, 1.807) is 11.8 Å². The standard InChI is InChI=1S/C14H18N2O4S/c1-21-13-5-3-2-4-10(13)15-11-8-9(14(17)18)6-7-12(11)16(19)20/h6-8,10,13,15H,2-5H2,1H3,(H,17,18). The zero-order valence-corrected chi connectivity index (χ0v) is 12.6. The van der Waals surface area contributed by atoms with Gasteiger partial charge in [-0.3, -0.25) is 10.1 Å². The van der Waals surface area contributed by atoms with Gasteiger partial charge in [0.1, 0.15) is 5.69 Å². The minimum absolute atomic E-state index is 0.0552. The number of rotatable bonds is 5. The van der Waals surface area contributed by atoms with E-state index in [4.69, 9.17) is 5.11 Å². The second-order valence-electron chi connectivity index (χ2n) is 5.10. The molecule has 1 aromatic carbocycles. The van der Waals surface area contributed by atoms with Crippen LogP contribution in [0.5, 0.6) is 0 Å². The molecule has 0 bridgehead atoms. The molecule has 7 heteroatoms. The Hall–Kier alpha value is -1.76. The third kappa shape index (κ3) is 3.66. The number of aromatic carboxylic acids is 1. The van der Waals surface area contributed by atoms with Gasteiger partial charge in [0.25, 0.3) is 5.69 Å². The van der Waals surface area contributed by atoms with Gasteiger partial charge in [0.2, 0.25) is 0 Å². The lowest BCUT2D eigenvalue weighted by Crippen LogP contribution is -2.34. The van der Waals surface area contributed by atoms with Crippen LogP contribution in [0, 0.1) is 10.1 Å². The monoisotopic (exact) mass is 310 g/mol. The molecule has 0 amide bonds. The molecular formula is C14H18N2O4S. The summed E-state index contributed by atoms with van der Waals surface area (Å²) < 4.78 is 0. The Morgan fingerprint density at radius 2 is 2.14 bits per heavy atom. The molecule has 0 aromatic heterocycles. The first-order valence-corrected chi connectivity index (χ1v) is 8.12. The zero-order valence-electron chi connectivity index (χ0n) is 11.7. The Kier molecular flexibility index (Phi) is 5.06. The SMILES string of the molecule is CSC1CCCCC1Nc1cc(C(=O)O)ccc1[N+](=O)[O-]. The van der Waals surface area contributed by atoms with Crippen LogP contribution in [-0.2, 0) is 0 Å². The van der Waals surface area contributed by atoms with Gasteiger partial charge in [-0.25, -0.2) is 4.79 Å². The van der Waals surface area contributed by atoms with Gasteiger partial charge >= 0.3 is 5.97 Å². The molecule has 2 N–H and O–H groups in total. The summed E-state index contributed by atoms with van der Waals surface area (Å²) in [7, 11) is 0. The van der Waals surface area contributed by atoms with Crippen molar-refractivity contribution in [1.82, 2.24) is 0 Å². The van der Waals surface area contributed by atoms with Crippen molar-refractivity contribution in [1.29, 1.82) is 0 Å². The fourth-order valence-electron chi connectivity index (χ4n) is 2.69. The van der Waals surface area contributed by atoms with Crippen LogP contribution in [0.2, 0.25) is 0 Å². The van der Waals surface area contributed by atoms with Crippen molar-refractivity contribution >= 4 is 29.1 Å². The van der Waals surface area contributed by atoms with Crippen LogP contribution in [0.15, 0.2) is 18.2 Å². The van der Waals surface area contributed by atoms with E-state index in [1.807, 2.05) is 6.26 Å². The number of nitro benzene ring substituents is 1. The normalized spacial score (nSPS) is 21.8. The Balaban J connectivity index is 2.29. The van der Waals surface area contributed by atoms with E-state index in [0.717, 1.165) is 19.3 Å². The molecule has 6 nitrogen and oxygen atoms in total. The van der Waals surface area contributed by atoms with Crippen molar-refractivity contribution in [2.24, 2.45) is 0 Å². The molecule has 1 fully saturated rings. The van der Waals surface area contributed by atoms with Gasteiger partial charge in [0, 0.05) is 17.4 Å². The van der Waals surface area contributed by atoms with Gasteiger partial charge in [-0.2, -0.15) is 11.8 Å². The van der Waals surface area contributed by atoms with E-state index in [0.29, 0.717) is 10.9 Å². The van der Waals surface area contributed by atoms with Crippen molar-refractivity contribution in [3.63, 3.8) is 0 Å². The maximum Gasteiger partial charge on any atom is 0.335 e. The van der Waals surface area contributed by atoms with E-state index < -0.39 is 10.9 Å².